The lowest BCUT2D eigenvalue weighted by molar-refractivity contribution is 0.551. The lowest BCUT2D eigenvalue weighted by Crippen LogP contribution is -2.18. The summed E-state index contributed by atoms with van der Waals surface area (Å²) < 4.78 is 1.10. The fourth-order valence-electron chi connectivity index (χ4n) is 0.838. The molecule has 0 spiro atoms. The van der Waals surface area contributed by atoms with Gasteiger partial charge in [0.05, 0.1) is 9.98 Å². The molecule has 0 amide bonds. The van der Waals surface area contributed by atoms with Crippen LogP contribution in [0.2, 0.25) is 0 Å². The van der Waals surface area contributed by atoms with E-state index in [1.807, 2.05) is 6.20 Å². The van der Waals surface area contributed by atoms with Crippen molar-refractivity contribution < 1.29 is 0 Å². The highest BCUT2D eigenvalue weighted by Gasteiger charge is 1.99. The van der Waals surface area contributed by atoms with E-state index in [4.69, 9.17) is 0 Å². The first-order chi connectivity index (χ1) is 5.68. The Morgan fingerprint density at radius 2 is 2.42 bits per heavy atom. The van der Waals surface area contributed by atoms with Crippen molar-refractivity contribution in [3.8, 4) is 0 Å². The third kappa shape index (κ3) is 3.65. The molecule has 1 rings (SSSR count). The van der Waals surface area contributed by atoms with E-state index in [2.05, 4.69) is 40.1 Å². The molecule has 0 radical (unpaired) electrons. The van der Waals surface area contributed by atoms with Crippen molar-refractivity contribution in [2.75, 3.05) is 6.54 Å². The van der Waals surface area contributed by atoms with Gasteiger partial charge in [0, 0.05) is 6.54 Å². The zero-order valence-electron chi connectivity index (χ0n) is 7.30. The second-order valence-electron chi connectivity index (χ2n) is 3.08. The Morgan fingerprint density at radius 3 is 2.92 bits per heavy atom. The number of aromatic nitrogens is 1. The zero-order chi connectivity index (χ0) is 8.97. The van der Waals surface area contributed by atoms with Crippen molar-refractivity contribution in [3.05, 3.63) is 15.0 Å². The molecule has 0 aromatic carbocycles. The van der Waals surface area contributed by atoms with Crippen LogP contribution in [0.25, 0.3) is 0 Å². The summed E-state index contributed by atoms with van der Waals surface area (Å²) in [7, 11) is 0. The van der Waals surface area contributed by atoms with Gasteiger partial charge in [0.1, 0.15) is 5.01 Å². The largest absolute Gasteiger partial charge is 0.310 e. The SMILES string of the molecule is CC(C)CNCc1ncc(Br)s1. The van der Waals surface area contributed by atoms with Crippen LogP contribution in [-0.2, 0) is 6.54 Å². The molecule has 0 fully saturated rings. The Bertz CT molecular complexity index is 235. The van der Waals surface area contributed by atoms with Crippen LogP contribution in [-0.4, -0.2) is 11.5 Å². The van der Waals surface area contributed by atoms with Crippen molar-refractivity contribution in [1.29, 1.82) is 0 Å². The number of hydrogen-bond acceptors (Lipinski definition) is 3. The third-order valence-electron chi connectivity index (χ3n) is 1.35. The topological polar surface area (TPSA) is 24.9 Å². The molecule has 0 saturated carbocycles. The van der Waals surface area contributed by atoms with Crippen molar-refractivity contribution in [2.45, 2.75) is 20.4 Å². The predicted octanol–water partition coefficient (Wildman–Crippen LogP) is 2.65. The fraction of sp³-hybridized carbons (Fsp3) is 0.625. The molecule has 0 unspecified atom stereocenters. The molecular weight excluding hydrogens is 236 g/mol. The first-order valence-corrected chi connectivity index (χ1v) is 5.60. The predicted molar refractivity (Wildman–Crippen MR) is 56.4 cm³/mol. The number of rotatable bonds is 4. The monoisotopic (exact) mass is 248 g/mol. The molecule has 1 heterocycles. The summed E-state index contributed by atoms with van der Waals surface area (Å²) in [6.45, 7) is 6.33. The maximum absolute atomic E-state index is 4.22. The second kappa shape index (κ2) is 4.94. The number of hydrogen-bond donors (Lipinski definition) is 1. The minimum atomic E-state index is 0.702. The first kappa shape index (κ1) is 10.2. The Kier molecular flexibility index (Phi) is 4.18. The van der Waals surface area contributed by atoms with Gasteiger partial charge in [0.25, 0.3) is 0 Å². The quantitative estimate of drug-likeness (QED) is 0.887. The maximum atomic E-state index is 4.22. The van der Waals surface area contributed by atoms with E-state index in [9.17, 15) is 0 Å². The number of nitrogens with one attached hydrogen (secondary N) is 1. The summed E-state index contributed by atoms with van der Waals surface area (Å²) >= 11 is 5.06. The summed E-state index contributed by atoms with van der Waals surface area (Å²) in [5.41, 5.74) is 0. The van der Waals surface area contributed by atoms with Crippen molar-refractivity contribution in [1.82, 2.24) is 10.3 Å². The van der Waals surface area contributed by atoms with Gasteiger partial charge in [-0.1, -0.05) is 13.8 Å². The molecule has 0 atom stereocenters. The van der Waals surface area contributed by atoms with E-state index in [-0.39, 0.29) is 0 Å². The van der Waals surface area contributed by atoms with Gasteiger partial charge >= 0.3 is 0 Å². The lowest BCUT2D eigenvalue weighted by Gasteiger charge is -2.04. The molecule has 68 valence electrons. The summed E-state index contributed by atoms with van der Waals surface area (Å²) in [6, 6.07) is 0. The Labute approximate surface area is 85.5 Å². The summed E-state index contributed by atoms with van der Waals surface area (Å²) in [4.78, 5) is 4.22. The van der Waals surface area contributed by atoms with Crippen LogP contribution in [0.5, 0.6) is 0 Å². The standard InChI is InChI=1S/C8H13BrN2S/c1-6(2)3-10-5-8-11-4-7(9)12-8/h4,6,10H,3,5H2,1-2H3. The highest BCUT2D eigenvalue weighted by atomic mass is 79.9. The van der Waals surface area contributed by atoms with E-state index in [0.717, 1.165) is 21.9 Å². The van der Waals surface area contributed by atoms with Crippen LogP contribution in [0.15, 0.2) is 9.98 Å². The average molecular weight is 249 g/mol. The van der Waals surface area contributed by atoms with Crippen molar-refractivity contribution in [2.24, 2.45) is 5.92 Å². The molecule has 4 heteroatoms. The Balaban J connectivity index is 2.24. The van der Waals surface area contributed by atoms with E-state index >= 15 is 0 Å². The van der Waals surface area contributed by atoms with Crippen LogP contribution in [0.3, 0.4) is 0 Å². The summed E-state index contributed by atoms with van der Waals surface area (Å²) in [5, 5.41) is 4.48. The maximum Gasteiger partial charge on any atom is 0.107 e. The van der Waals surface area contributed by atoms with Gasteiger partial charge in [-0.15, -0.1) is 11.3 Å². The molecule has 12 heavy (non-hydrogen) atoms. The molecular formula is C8H13BrN2S. The van der Waals surface area contributed by atoms with Gasteiger partial charge in [0.15, 0.2) is 0 Å². The van der Waals surface area contributed by atoms with E-state index < -0.39 is 0 Å². The van der Waals surface area contributed by atoms with Crippen LogP contribution in [0.4, 0.5) is 0 Å². The average Bonchev–Trinajstić information content (AvgIpc) is 2.35. The van der Waals surface area contributed by atoms with Crippen LogP contribution in [0.1, 0.15) is 18.9 Å². The first-order valence-electron chi connectivity index (χ1n) is 3.99. The van der Waals surface area contributed by atoms with Gasteiger partial charge in [-0.2, -0.15) is 0 Å². The van der Waals surface area contributed by atoms with Crippen LogP contribution >= 0.6 is 27.3 Å². The van der Waals surface area contributed by atoms with Crippen LogP contribution in [0, 0.1) is 5.92 Å². The van der Waals surface area contributed by atoms with E-state index in [1.54, 1.807) is 11.3 Å². The van der Waals surface area contributed by atoms with Crippen molar-refractivity contribution >= 4 is 27.3 Å². The Morgan fingerprint density at radius 1 is 1.67 bits per heavy atom. The Hall–Kier alpha value is 0.0700. The van der Waals surface area contributed by atoms with Gasteiger partial charge in [0.2, 0.25) is 0 Å². The van der Waals surface area contributed by atoms with Gasteiger partial charge in [-0.3, -0.25) is 0 Å². The molecule has 0 aliphatic heterocycles. The van der Waals surface area contributed by atoms with Crippen molar-refractivity contribution in [3.63, 3.8) is 0 Å². The highest BCUT2D eigenvalue weighted by Crippen LogP contribution is 2.18. The zero-order valence-corrected chi connectivity index (χ0v) is 9.70. The molecule has 2 nitrogen and oxygen atoms in total. The fourth-order valence-corrected chi connectivity index (χ4v) is 2.11. The van der Waals surface area contributed by atoms with Crippen LogP contribution < -0.4 is 5.32 Å². The summed E-state index contributed by atoms with van der Waals surface area (Å²) in [6.07, 6.45) is 1.84. The number of halogens is 1. The molecule has 0 aliphatic carbocycles. The molecule has 0 bridgehead atoms. The number of nitrogens with zero attached hydrogens (tertiary/aromatic N) is 1. The summed E-state index contributed by atoms with van der Waals surface area (Å²) in [5.74, 6) is 0.702. The highest BCUT2D eigenvalue weighted by molar-refractivity contribution is 9.11. The smallest absolute Gasteiger partial charge is 0.107 e. The molecule has 1 N–H and O–H groups in total. The van der Waals surface area contributed by atoms with E-state index in [0.29, 0.717) is 5.92 Å². The number of thiazole rings is 1. The lowest BCUT2D eigenvalue weighted by atomic mass is 10.2. The molecule has 0 saturated heterocycles. The minimum absolute atomic E-state index is 0.702. The third-order valence-corrected chi connectivity index (χ3v) is 2.83. The van der Waals surface area contributed by atoms with Gasteiger partial charge in [-0.05, 0) is 28.4 Å². The molecule has 1 aromatic rings. The molecule has 1 aromatic heterocycles. The molecule has 0 aliphatic rings. The minimum Gasteiger partial charge on any atom is -0.310 e. The van der Waals surface area contributed by atoms with E-state index in [1.165, 1.54) is 0 Å². The van der Waals surface area contributed by atoms with Gasteiger partial charge < -0.3 is 5.32 Å². The van der Waals surface area contributed by atoms with Gasteiger partial charge in [-0.25, -0.2) is 4.98 Å². The normalized spacial score (nSPS) is 11.0. The second-order valence-corrected chi connectivity index (χ2v) is 5.58.